The number of hydrogen-bond acceptors (Lipinski definition) is 6. The molecular weight excluding hydrogens is 238 g/mol. The molecule has 0 radical (unpaired) electrons. The number of rotatable bonds is 2. The number of phenols is 2. The zero-order valence-electron chi connectivity index (χ0n) is 8.68. The van der Waals surface area contributed by atoms with Crippen molar-refractivity contribution in [1.29, 1.82) is 0 Å². The second kappa shape index (κ2) is 7.16. The number of hydrogen-bond donors (Lipinski definition) is 2. The van der Waals surface area contributed by atoms with Crippen LogP contribution in [-0.2, 0) is 0 Å². The van der Waals surface area contributed by atoms with Crippen molar-refractivity contribution in [2.24, 2.45) is 0 Å². The van der Waals surface area contributed by atoms with E-state index in [0.717, 1.165) is 0 Å². The van der Waals surface area contributed by atoms with Gasteiger partial charge in [0.05, 0.1) is 11.9 Å². The van der Waals surface area contributed by atoms with E-state index >= 15 is 0 Å². The van der Waals surface area contributed by atoms with Crippen molar-refractivity contribution in [1.82, 2.24) is 0 Å². The first-order chi connectivity index (χ1) is 6.43. The van der Waals surface area contributed by atoms with Gasteiger partial charge in [-0.25, -0.2) is 0 Å². The number of carbonyl (C=O) groups excluding carboxylic acids is 2. The molecule has 74 valence electrons. The predicted octanol–water partition coefficient (Wildman–Crippen LogP) is -8.17. The molecule has 0 aliphatic heterocycles. The topological polar surface area (TPSA) is 121 Å². The molecule has 0 aliphatic carbocycles. The van der Waals surface area contributed by atoms with E-state index in [2.05, 4.69) is 0 Å². The Hall–Kier alpha value is -0.240. The van der Waals surface area contributed by atoms with Crippen molar-refractivity contribution < 1.29 is 89.1 Å². The SMILES string of the molecule is O=C([O-])c1cc(O)c(C(=O)[O-])cc1O.[Na+].[Na+]. The van der Waals surface area contributed by atoms with Gasteiger partial charge in [0.2, 0.25) is 0 Å². The Balaban J connectivity index is 0. The zero-order valence-corrected chi connectivity index (χ0v) is 12.7. The third-order valence-electron chi connectivity index (χ3n) is 1.55. The summed E-state index contributed by atoms with van der Waals surface area (Å²) in [6.45, 7) is 0. The van der Waals surface area contributed by atoms with Gasteiger partial charge in [-0.1, -0.05) is 0 Å². The molecule has 0 amide bonds. The molecule has 1 aromatic carbocycles. The van der Waals surface area contributed by atoms with Crippen LogP contribution >= 0.6 is 0 Å². The molecule has 2 N–H and O–H groups in total. The van der Waals surface area contributed by atoms with Crippen molar-refractivity contribution in [2.75, 3.05) is 0 Å². The standard InChI is InChI=1S/C8H6O6.2Na/c9-5-1-3(7(11)12)6(10)2-4(5)8(13)14;;/h1-2,9-10H,(H,11,12)(H,13,14);;/q;2*+1/p-2. The number of carboxylic acids is 2. The van der Waals surface area contributed by atoms with Crippen LogP contribution in [0.3, 0.4) is 0 Å². The summed E-state index contributed by atoms with van der Waals surface area (Å²) in [6.07, 6.45) is 0. The molecule has 0 fully saturated rings. The van der Waals surface area contributed by atoms with Gasteiger partial charge in [-0.05, 0) is 12.1 Å². The summed E-state index contributed by atoms with van der Waals surface area (Å²) in [4.78, 5) is 20.6. The summed E-state index contributed by atoms with van der Waals surface area (Å²) in [5.41, 5.74) is -1.38. The fourth-order valence-electron chi connectivity index (χ4n) is 0.904. The molecule has 8 heteroatoms. The minimum absolute atomic E-state index is 0. The number of carbonyl (C=O) groups is 2. The molecule has 0 spiro atoms. The fourth-order valence-corrected chi connectivity index (χ4v) is 0.904. The van der Waals surface area contributed by atoms with Gasteiger partial charge in [-0.3, -0.25) is 0 Å². The largest absolute Gasteiger partial charge is 1.00 e. The summed E-state index contributed by atoms with van der Waals surface area (Å²) in [5.74, 6) is -5.05. The monoisotopic (exact) mass is 242 g/mol. The molecule has 16 heavy (non-hydrogen) atoms. The van der Waals surface area contributed by atoms with Crippen LogP contribution < -0.4 is 69.3 Å². The van der Waals surface area contributed by atoms with Crippen LogP contribution in [0, 0.1) is 0 Å². The van der Waals surface area contributed by atoms with E-state index in [1.165, 1.54) is 0 Å². The molecule has 6 nitrogen and oxygen atoms in total. The van der Waals surface area contributed by atoms with E-state index in [-0.39, 0.29) is 59.1 Å². The molecule has 1 rings (SSSR count). The van der Waals surface area contributed by atoms with E-state index in [1.807, 2.05) is 0 Å². The number of aromatic carboxylic acids is 2. The average Bonchev–Trinajstić information content (AvgIpc) is 2.07. The Labute approximate surface area is 134 Å². The maximum atomic E-state index is 10.3. The summed E-state index contributed by atoms with van der Waals surface area (Å²) in [7, 11) is 0. The Morgan fingerprint density at radius 2 is 1.12 bits per heavy atom. The van der Waals surface area contributed by atoms with Crippen LogP contribution in [0.2, 0.25) is 0 Å². The van der Waals surface area contributed by atoms with Crippen molar-refractivity contribution >= 4 is 11.9 Å². The van der Waals surface area contributed by atoms with Crippen molar-refractivity contribution in [2.45, 2.75) is 0 Å². The van der Waals surface area contributed by atoms with Crippen LogP contribution in [0.4, 0.5) is 0 Å². The molecule has 0 saturated carbocycles. The van der Waals surface area contributed by atoms with Crippen molar-refractivity contribution in [3.05, 3.63) is 23.3 Å². The molecule has 0 atom stereocenters. The summed E-state index contributed by atoms with van der Waals surface area (Å²) in [6, 6.07) is 1.16. The number of benzene rings is 1. The molecule has 1 aromatic rings. The molecule has 0 heterocycles. The second-order valence-corrected chi connectivity index (χ2v) is 2.46. The summed E-state index contributed by atoms with van der Waals surface area (Å²) >= 11 is 0. The quantitative estimate of drug-likeness (QED) is 0.392. The first kappa shape index (κ1) is 18.1. The molecule has 0 aromatic heterocycles. The second-order valence-electron chi connectivity index (χ2n) is 2.46. The van der Waals surface area contributed by atoms with Gasteiger partial charge < -0.3 is 30.0 Å². The van der Waals surface area contributed by atoms with Crippen LogP contribution in [0.25, 0.3) is 0 Å². The van der Waals surface area contributed by atoms with Crippen molar-refractivity contribution in [3.8, 4) is 11.5 Å². The third kappa shape index (κ3) is 3.97. The van der Waals surface area contributed by atoms with Gasteiger partial charge in [0.1, 0.15) is 11.5 Å². The fraction of sp³-hybridized carbons (Fsp3) is 0. The van der Waals surface area contributed by atoms with Crippen LogP contribution in [0.5, 0.6) is 11.5 Å². The Morgan fingerprint density at radius 3 is 1.31 bits per heavy atom. The predicted molar refractivity (Wildman–Crippen MR) is 38.4 cm³/mol. The first-order valence-corrected chi connectivity index (χ1v) is 3.42. The average molecular weight is 242 g/mol. The normalized spacial score (nSPS) is 8.50. The van der Waals surface area contributed by atoms with Gasteiger partial charge in [0, 0.05) is 11.1 Å². The Kier molecular flexibility index (Phi) is 8.11. The molecule has 0 saturated heterocycles. The molecule has 0 unspecified atom stereocenters. The maximum absolute atomic E-state index is 10.3. The summed E-state index contributed by atoms with van der Waals surface area (Å²) in [5, 5.41) is 38.6. The molecular formula is C8H4Na2O6. The van der Waals surface area contributed by atoms with Crippen LogP contribution in [0.1, 0.15) is 20.7 Å². The van der Waals surface area contributed by atoms with E-state index in [9.17, 15) is 19.8 Å². The van der Waals surface area contributed by atoms with Gasteiger partial charge >= 0.3 is 59.1 Å². The minimum Gasteiger partial charge on any atom is -0.545 e. The Bertz CT molecular complexity index is 377. The molecule has 0 bridgehead atoms. The maximum Gasteiger partial charge on any atom is 1.00 e. The van der Waals surface area contributed by atoms with Gasteiger partial charge in [0.25, 0.3) is 0 Å². The van der Waals surface area contributed by atoms with Gasteiger partial charge in [-0.2, -0.15) is 0 Å². The smallest absolute Gasteiger partial charge is 0.545 e. The molecule has 0 aliphatic rings. The third-order valence-corrected chi connectivity index (χ3v) is 1.55. The Morgan fingerprint density at radius 1 is 0.875 bits per heavy atom. The first-order valence-electron chi connectivity index (χ1n) is 3.42. The van der Waals surface area contributed by atoms with E-state index < -0.39 is 34.6 Å². The van der Waals surface area contributed by atoms with Crippen molar-refractivity contribution in [3.63, 3.8) is 0 Å². The summed E-state index contributed by atoms with van der Waals surface area (Å²) < 4.78 is 0. The number of aromatic hydroxyl groups is 2. The number of carboxylic acid groups (broad SMARTS) is 2. The van der Waals surface area contributed by atoms with E-state index in [0.29, 0.717) is 12.1 Å². The van der Waals surface area contributed by atoms with Crippen LogP contribution in [-0.4, -0.2) is 22.2 Å². The van der Waals surface area contributed by atoms with E-state index in [1.54, 1.807) is 0 Å². The van der Waals surface area contributed by atoms with Gasteiger partial charge in [-0.15, -0.1) is 0 Å². The van der Waals surface area contributed by atoms with Gasteiger partial charge in [0.15, 0.2) is 0 Å². The minimum atomic E-state index is -1.72. The van der Waals surface area contributed by atoms with E-state index in [4.69, 9.17) is 10.2 Å². The van der Waals surface area contributed by atoms with Crippen LogP contribution in [0.15, 0.2) is 12.1 Å². The zero-order chi connectivity index (χ0) is 10.9.